The Hall–Kier alpha value is -2.25. The minimum absolute atomic E-state index is 0.0803. The monoisotopic (exact) mass is 484 g/mol. The summed E-state index contributed by atoms with van der Waals surface area (Å²) >= 11 is -0.392. The summed E-state index contributed by atoms with van der Waals surface area (Å²) in [5.41, 5.74) is 8.22. The quantitative estimate of drug-likeness (QED) is 0.211. The molecule has 0 heterocycles. The second-order valence-corrected chi connectivity index (χ2v) is 11.1. The van der Waals surface area contributed by atoms with Gasteiger partial charge in [-0.2, -0.15) is 0 Å². The fraction of sp³-hybridized carbons (Fsp3) is 0.600. The van der Waals surface area contributed by atoms with Gasteiger partial charge in [0.1, 0.15) is 0 Å². The summed E-state index contributed by atoms with van der Waals surface area (Å²) in [7, 11) is 0. The predicted molar refractivity (Wildman–Crippen MR) is 112 cm³/mol. The number of aliphatic hydroxyl groups excluding tert-OH is 1. The molecule has 0 aliphatic heterocycles. The van der Waals surface area contributed by atoms with Crippen LogP contribution in [0.2, 0.25) is 4.31 Å². The van der Waals surface area contributed by atoms with Crippen LogP contribution in [0.15, 0.2) is 35.4 Å². The van der Waals surface area contributed by atoms with E-state index in [4.69, 9.17) is 15.0 Å². The molecule has 1 aromatic carbocycles. The zero-order chi connectivity index (χ0) is 22.4. The van der Waals surface area contributed by atoms with E-state index in [1.807, 2.05) is 30.3 Å². The average molecular weight is 483 g/mol. The molecule has 1 aliphatic carbocycles. The summed E-state index contributed by atoms with van der Waals surface area (Å²) in [6.07, 6.45) is -1.58. The van der Waals surface area contributed by atoms with E-state index in [9.17, 15) is 14.7 Å². The first-order chi connectivity index (χ1) is 14.1. The molecule has 4 atom stereocenters. The van der Waals surface area contributed by atoms with Crippen molar-refractivity contribution in [3.63, 3.8) is 0 Å². The number of esters is 1. The van der Waals surface area contributed by atoms with Gasteiger partial charge in [0.15, 0.2) is 0 Å². The van der Waals surface area contributed by atoms with Gasteiger partial charge >= 0.3 is 182 Å². The van der Waals surface area contributed by atoms with Crippen molar-refractivity contribution in [2.24, 2.45) is 5.11 Å². The van der Waals surface area contributed by atoms with Gasteiger partial charge in [0.05, 0.1) is 0 Å². The van der Waals surface area contributed by atoms with Crippen molar-refractivity contribution < 1.29 is 24.2 Å². The van der Waals surface area contributed by atoms with Gasteiger partial charge in [0.2, 0.25) is 0 Å². The normalized spacial score (nSPS) is 26.2. The summed E-state index contributed by atoms with van der Waals surface area (Å²) in [6, 6.07) is 7.79. The zero-order valence-corrected chi connectivity index (χ0v) is 19.3. The fourth-order valence-electron chi connectivity index (χ4n) is 3.37. The van der Waals surface area contributed by atoms with Crippen LogP contribution in [0.3, 0.4) is 0 Å². The van der Waals surface area contributed by atoms with Crippen LogP contribution < -0.4 is 9.78 Å². The Bertz CT molecular complexity index is 794. The van der Waals surface area contributed by atoms with Gasteiger partial charge in [0.25, 0.3) is 0 Å². The van der Waals surface area contributed by atoms with Crippen LogP contribution in [0.4, 0.5) is 4.79 Å². The van der Waals surface area contributed by atoms with E-state index in [2.05, 4.69) is 15.3 Å². The topological polar surface area (TPSA) is 134 Å². The standard InChI is InChI=1S/C20H28N4O5Se/c1-5-28-17(26)20(30-13-9-7-6-8-10-13)11-14(16(23-24-21)15(25)12-20)22-18(27)29-19(2,3)4/h6-10,14-16,25H,5,11-12H2,1-4H3,(H,22,27)/t14-,15+,16+,20?/m0/s1. The zero-order valence-electron chi connectivity index (χ0n) is 17.6. The molecule has 9 nitrogen and oxygen atoms in total. The summed E-state index contributed by atoms with van der Waals surface area (Å²) in [4.78, 5) is 28.2. The van der Waals surface area contributed by atoms with Crippen LogP contribution in [0, 0.1) is 0 Å². The molecule has 1 aliphatic rings. The molecule has 0 radical (unpaired) electrons. The van der Waals surface area contributed by atoms with Gasteiger partial charge in [-0.25, -0.2) is 0 Å². The molecule has 30 heavy (non-hydrogen) atoms. The Morgan fingerprint density at radius 1 is 1.33 bits per heavy atom. The van der Waals surface area contributed by atoms with Gasteiger partial charge in [-0.05, 0) is 0 Å². The van der Waals surface area contributed by atoms with Crippen molar-refractivity contribution in [3.8, 4) is 0 Å². The number of hydrogen-bond donors (Lipinski definition) is 2. The molecular weight excluding hydrogens is 455 g/mol. The molecule has 0 aromatic heterocycles. The molecule has 2 N–H and O–H groups in total. The number of ether oxygens (including phenoxy) is 2. The van der Waals surface area contributed by atoms with Crippen molar-refractivity contribution in [2.45, 2.75) is 68.6 Å². The van der Waals surface area contributed by atoms with Crippen LogP contribution >= 0.6 is 0 Å². The fourth-order valence-corrected chi connectivity index (χ4v) is 6.31. The maximum absolute atomic E-state index is 13.0. The van der Waals surface area contributed by atoms with Gasteiger partial charge in [0, 0.05) is 0 Å². The van der Waals surface area contributed by atoms with Crippen LogP contribution in [-0.2, 0) is 14.3 Å². The molecule has 0 saturated heterocycles. The van der Waals surface area contributed by atoms with E-state index >= 15 is 0 Å². The molecule has 164 valence electrons. The first kappa shape index (κ1) is 24.0. The SMILES string of the molecule is CCOC(=O)C1([Se]c2ccccc2)C[C@@H](O)[C@H](N=[N+]=[N-])[C@@H](NC(=O)OC(C)(C)C)C1. The van der Waals surface area contributed by atoms with Gasteiger partial charge in [-0.3, -0.25) is 0 Å². The van der Waals surface area contributed by atoms with Crippen molar-refractivity contribution in [1.29, 1.82) is 0 Å². The molecule has 2 rings (SSSR count). The Morgan fingerprint density at radius 3 is 2.57 bits per heavy atom. The van der Waals surface area contributed by atoms with Crippen molar-refractivity contribution in [3.05, 3.63) is 40.8 Å². The Morgan fingerprint density at radius 2 is 2.00 bits per heavy atom. The Kier molecular flexibility index (Phi) is 8.15. The number of benzene rings is 1. The Labute approximate surface area is 182 Å². The van der Waals surface area contributed by atoms with Gasteiger partial charge < -0.3 is 0 Å². The number of rotatable bonds is 6. The van der Waals surface area contributed by atoms with E-state index < -0.39 is 55.1 Å². The maximum atomic E-state index is 13.0. The number of carbonyl (C=O) groups excluding carboxylic acids is 2. The van der Waals surface area contributed by atoms with Gasteiger partial charge in [-0.1, -0.05) is 0 Å². The summed E-state index contributed by atoms with van der Waals surface area (Å²) in [5.74, 6) is -0.428. The molecule has 1 saturated carbocycles. The van der Waals surface area contributed by atoms with Crippen molar-refractivity contribution in [2.75, 3.05) is 6.61 Å². The molecule has 1 fully saturated rings. The number of azide groups is 1. The molecular formula is C20H28N4O5Se. The van der Waals surface area contributed by atoms with E-state index in [1.54, 1.807) is 27.7 Å². The first-order valence-corrected chi connectivity index (χ1v) is 11.4. The third-order valence-electron chi connectivity index (χ3n) is 4.49. The number of hydrogen-bond acceptors (Lipinski definition) is 6. The summed E-state index contributed by atoms with van der Waals surface area (Å²) < 4.78 is 10.6. The third-order valence-corrected chi connectivity index (χ3v) is 7.42. The van der Waals surface area contributed by atoms with E-state index in [0.29, 0.717) is 0 Å². The number of carbonyl (C=O) groups is 2. The van der Waals surface area contributed by atoms with E-state index in [-0.39, 0.29) is 19.4 Å². The van der Waals surface area contributed by atoms with Crippen LogP contribution in [0.25, 0.3) is 10.4 Å². The predicted octanol–water partition coefficient (Wildman–Crippen LogP) is 2.46. The van der Waals surface area contributed by atoms with Crippen LogP contribution in [0.1, 0.15) is 40.5 Å². The summed E-state index contributed by atoms with van der Waals surface area (Å²) in [6.45, 7) is 7.11. The third kappa shape index (κ3) is 6.37. The van der Waals surface area contributed by atoms with Crippen molar-refractivity contribution in [1.82, 2.24) is 5.32 Å². The van der Waals surface area contributed by atoms with Gasteiger partial charge in [-0.15, -0.1) is 0 Å². The second kappa shape index (κ2) is 10.2. The average Bonchev–Trinajstić information content (AvgIpc) is 2.64. The number of amides is 1. The van der Waals surface area contributed by atoms with Crippen molar-refractivity contribution >= 4 is 31.5 Å². The minimum atomic E-state index is -1.12. The Balaban J connectivity index is 2.38. The molecule has 1 aromatic rings. The molecule has 1 unspecified atom stereocenters. The number of aliphatic hydroxyl groups is 1. The van der Waals surface area contributed by atoms with E-state index in [0.717, 1.165) is 4.46 Å². The molecule has 1 amide bonds. The second-order valence-electron chi connectivity index (χ2n) is 8.05. The van der Waals surface area contributed by atoms with Crippen LogP contribution in [-0.4, -0.2) is 62.5 Å². The van der Waals surface area contributed by atoms with Crippen LogP contribution in [0.5, 0.6) is 0 Å². The van der Waals surface area contributed by atoms with E-state index in [1.165, 1.54) is 0 Å². The summed E-state index contributed by atoms with van der Waals surface area (Å²) in [5, 5.41) is 17.2. The molecule has 0 spiro atoms. The molecule has 0 bridgehead atoms. The molecule has 10 heteroatoms. The first-order valence-electron chi connectivity index (χ1n) is 9.73. The number of nitrogens with zero attached hydrogens (tertiary/aromatic N) is 3. The number of nitrogens with one attached hydrogen (secondary N) is 1. The number of alkyl carbamates (subject to hydrolysis) is 1.